The van der Waals surface area contributed by atoms with E-state index in [1.54, 1.807) is 0 Å². The summed E-state index contributed by atoms with van der Waals surface area (Å²) >= 11 is 0. The SMILES string of the molecule is C[C@@H](O)[C@H](NC(=O)[C@H](CCC(N)=O)NC(=O)[C@@H](N)CCC(=O)O)C(=O)NCC(=O)NCC=O. The van der Waals surface area contributed by atoms with Gasteiger partial charge in [-0.05, 0) is 19.8 Å². The molecule has 10 N–H and O–H groups in total. The zero-order chi connectivity index (χ0) is 25.6. The summed E-state index contributed by atoms with van der Waals surface area (Å²) in [6.45, 7) is 0.392. The van der Waals surface area contributed by atoms with E-state index in [0.717, 1.165) is 0 Å². The number of aliphatic carboxylic acids is 1. The van der Waals surface area contributed by atoms with Crippen LogP contribution in [-0.4, -0.2) is 89.3 Å². The van der Waals surface area contributed by atoms with Crippen molar-refractivity contribution >= 4 is 41.8 Å². The first kappa shape index (κ1) is 29.4. The number of hydrogen-bond donors (Lipinski definition) is 8. The number of carbonyl (C=O) groups is 7. The summed E-state index contributed by atoms with van der Waals surface area (Å²) in [5, 5.41) is 27.4. The Morgan fingerprint density at radius 2 is 1.58 bits per heavy atom. The van der Waals surface area contributed by atoms with Gasteiger partial charge in [-0.25, -0.2) is 0 Å². The summed E-state index contributed by atoms with van der Waals surface area (Å²) in [6.07, 6.45) is -2.16. The van der Waals surface area contributed by atoms with Gasteiger partial charge in [-0.2, -0.15) is 0 Å². The average Bonchev–Trinajstić information content (AvgIpc) is 2.74. The number of carboxylic acids is 1. The molecule has 0 aromatic heterocycles. The monoisotopic (exact) mass is 474 g/mol. The number of nitrogens with one attached hydrogen (secondary N) is 4. The molecule has 186 valence electrons. The van der Waals surface area contributed by atoms with Gasteiger partial charge in [-0.1, -0.05) is 0 Å². The smallest absolute Gasteiger partial charge is 0.303 e. The Bertz CT molecular complexity index is 743. The summed E-state index contributed by atoms with van der Waals surface area (Å²) in [5.41, 5.74) is 10.7. The number of primary amides is 1. The van der Waals surface area contributed by atoms with E-state index in [1.807, 2.05) is 0 Å². The maximum absolute atomic E-state index is 12.7. The van der Waals surface area contributed by atoms with E-state index in [9.17, 15) is 38.7 Å². The largest absolute Gasteiger partial charge is 0.481 e. The Morgan fingerprint density at radius 3 is 2.09 bits per heavy atom. The molecule has 0 aliphatic rings. The summed E-state index contributed by atoms with van der Waals surface area (Å²) in [5.74, 6) is -5.40. The van der Waals surface area contributed by atoms with Gasteiger partial charge >= 0.3 is 5.97 Å². The van der Waals surface area contributed by atoms with Crippen molar-refractivity contribution in [3.8, 4) is 0 Å². The van der Waals surface area contributed by atoms with Gasteiger partial charge in [-0.3, -0.25) is 28.8 Å². The molecule has 0 radical (unpaired) electrons. The lowest BCUT2D eigenvalue weighted by Crippen LogP contribution is -2.59. The summed E-state index contributed by atoms with van der Waals surface area (Å²) in [4.78, 5) is 80.6. The van der Waals surface area contributed by atoms with Crippen molar-refractivity contribution in [1.29, 1.82) is 0 Å². The van der Waals surface area contributed by atoms with Crippen LogP contribution in [0.3, 0.4) is 0 Å². The highest BCUT2D eigenvalue weighted by Gasteiger charge is 2.31. The number of aliphatic hydroxyl groups is 1. The highest BCUT2D eigenvalue weighted by atomic mass is 16.4. The quantitative estimate of drug-likeness (QED) is 0.0990. The minimum Gasteiger partial charge on any atom is -0.481 e. The van der Waals surface area contributed by atoms with Gasteiger partial charge in [0.05, 0.1) is 25.2 Å². The zero-order valence-electron chi connectivity index (χ0n) is 18.0. The summed E-state index contributed by atoms with van der Waals surface area (Å²) in [7, 11) is 0. The van der Waals surface area contributed by atoms with Crippen LogP contribution in [-0.2, 0) is 33.6 Å². The third-order valence-electron chi connectivity index (χ3n) is 4.19. The molecule has 33 heavy (non-hydrogen) atoms. The van der Waals surface area contributed by atoms with E-state index in [0.29, 0.717) is 6.29 Å². The van der Waals surface area contributed by atoms with Crippen LogP contribution in [0, 0.1) is 0 Å². The fraction of sp³-hybridized carbons (Fsp3) is 0.611. The highest BCUT2D eigenvalue weighted by molar-refractivity contribution is 5.94. The molecular formula is C18H30N6O9. The Balaban J connectivity index is 5.21. The van der Waals surface area contributed by atoms with Gasteiger partial charge in [0.15, 0.2) is 0 Å². The molecule has 0 rings (SSSR count). The number of carboxylic acid groups (broad SMARTS) is 1. The lowest BCUT2D eigenvalue weighted by atomic mass is 10.1. The lowest BCUT2D eigenvalue weighted by molar-refractivity contribution is -0.137. The molecule has 15 nitrogen and oxygen atoms in total. The normalized spacial score (nSPS) is 14.0. The zero-order valence-corrected chi connectivity index (χ0v) is 18.0. The van der Waals surface area contributed by atoms with E-state index < -0.39 is 72.7 Å². The molecule has 0 fully saturated rings. The molecule has 0 saturated carbocycles. The van der Waals surface area contributed by atoms with Gasteiger partial charge in [-0.15, -0.1) is 0 Å². The molecule has 0 aromatic carbocycles. The maximum atomic E-state index is 12.7. The number of carbonyl (C=O) groups excluding carboxylic acids is 6. The van der Waals surface area contributed by atoms with Crippen LogP contribution in [0.1, 0.15) is 32.6 Å². The molecule has 5 amide bonds. The van der Waals surface area contributed by atoms with Crippen molar-refractivity contribution in [3.05, 3.63) is 0 Å². The molecule has 0 aliphatic heterocycles. The molecule has 0 heterocycles. The maximum Gasteiger partial charge on any atom is 0.303 e. The summed E-state index contributed by atoms with van der Waals surface area (Å²) in [6, 6.07) is -4.18. The molecule has 0 bridgehead atoms. The Morgan fingerprint density at radius 1 is 0.939 bits per heavy atom. The Hall–Kier alpha value is -3.59. The van der Waals surface area contributed by atoms with E-state index in [4.69, 9.17) is 16.6 Å². The van der Waals surface area contributed by atoms with E-state index in [1.165, 1.54) is 6.92 Å². The van der Waals surface area contributed by atoms with Crippen molar-refractivity contribution in [2.45, 2.75) is 56.8 Å². The number of aliphatic hydroxyl groups excluding tert-OH is 1. The minimum absolute atomic E-state index is 0.212. The second-order valence-corrected chi connectivity index (χ2v) is 7.02. The third-order valence-corrected chi connectivity index (χ3v) is 4.19. The van der Waals surface area contributed by atoms with Crippen LogP contribution in [0.25, 0.3) is 0 Å². The fourth-order valence-electron chi connectivity index (χ4n) is 2.40. The van der Waals surface area contributed by atoms with Crippen molar-refractivity contribution in [1.82, 2.24) is 21.3 Å². The predicted octanol–water partition coefficient (Wildman–Crippen LogP) is -4.77. The van der Waals surface area contributed by atoms with Crippen LogP contribution in [0.5, 0.6) is 0 Å². The van der Waals surface area contributed by atoms with Gasteiger partial charge < -0.3 is 47.7 Å². The van der Waals surface area contributed by atoms with Crippen molar-refractivity contribution < 1.29 is 43.8 Å². The number of hydrogen-bond acceptors (Lipinski definition) is 9. The standard InChI is InChI=1S/C18H30N6O9/c1-9(26)15(18(33)22-8-13(28)21-6-7-25)24-17(32)11(3-4-12(20)27)23-16(31)10(19)2-5-14(29)30/h7,9-11,15,26H,2-6,8,19H2,1H3,(H2,20,27)(H,21,28)(H,22,33)(H,23,31)(H,24,32)(H,29,30)/t9-,10+,11+,15+/m1/s1. The van der Waals surface area contributed by atoms with Gasteiger partial charge in [0.1, 0.15) is 18.4 Å². The van der Waals surface area contributed by atoms with E-state index >= 15 is 0 Å². The lowest BCUT2D eigenvalue weighted by Gasteiger charge is -2.25. The second kappa shape index (κ2) is 15.3. The van der Waals surface area contributed by atoms with Gasteiger partial charge in [0.2, 0.25) is 29.5 Å². The first-order valence-corrected chi connectivity index (χ1v) is 9.91. The van der Waals surface area contributed by atoms with Crippen molar-refractivity contribution in [3.63, 3.8) is 0 Å². The summed E-state index contributed by atoms with van der Waals surface area (Å²) < 4.78 is 0. The number of amides is 5. The molecule has 0 aromatic rings. The van der Waals surface area contributed by atoms with Gasteiger partial charge in [0.25, 0.3) is 0 Å². The van der Waals surface area contributed by atoms with Crippen LogP contribution < -0.4 is 32.7 Å². The van der Waals surface area contributed by atoms with Crippen LogP contribution in [0.2, 0.25) is 0 Å². The first-order valence-electron chi connectivity index (χ1n) is 9.91. The van der Waals surface area contributed by atoms with E-state index in [-0.39, 0.29) is 25.8 Å². The molecule has 0 unspecified atom stereocenters. The molecule has 4 atom stereocenters. The molecular weight excluding hydrogens is 444 g/mol. The van der Waals surface area contributed by atoms with Crippen LogP contribution >= 0.6 is 0 Å². The third kappa shape index (κ3) is 12.8. The average molecular weight is 474 g/mol. The van der Waals surface area contributed by atoms with Crippen molar-refractivity contribution in [2.24, 2.45) is 11.5 Å². The molecule has 0 saturated heterocycles. The topological polar surface area (TPSA) is 260 Å². The van der Waals surface area contributed by atoms with E-state index in [2.05, 4.69) is 21.3 Å². The fourth-order valence-corrected chi connectivity index (χ4v) is 2.40. The van der Waals surface area contributed by atoms with Gasteiger partial charge in [0, 0.05) is 12.8 Å². The number of rotatable bonds is 16. The van der Waals surface area contributed by atoms with Crippen molar-refractivity contribution in [2.75, 3.05) is 13.1 Å². The predicted molar refractivity (Wildman–Crippen MR) is 111 cm³/mol. The van der Waals surface area contributed by atoms with Crippen LogP contribution in [0.4, 0.5) is 0 Å². The van der Waals surface area contributed by atoms with Crippen LogP contribution in [0.15, 0.2) is 0 Å². The second-order valence-electron chi connectivity index (χ2n) is 7.02. The number of aldehydes is 1. The molecule has 15 heteroatoms. The number of nitrogens with two attached hydrogens (primary N) is 2. The molecule has 0 spiro atoms. The Kier molecular flexibility index (Phi) is 13.6. The minimum atomic E-state index is -1.54. The highest BCUT2D eigenvalue weighted by Crippen LogP contribution is 2.03. The molecule has 0 aliphatic carbocycles. The Labute approximate surface area is 189 Å². The first-order chi connectivity index (χ1) is 15.4.